The first-order valence-corrected chi connectivity index (χ1v) is 11.5. The number of carbonyl (C=O) groups excluding carboxylic acids is 1. The second-order valence-electron chi connectivity index (χ2n) is 6.52. The van der Waals surface area contributed by atoms with Gasteiger partial charge in [-0.25, -0.2) is 0 Å². The maximum Gasteiger partial charge on any atom is 0.261 e. The van der Waals surface area contributed by atoms with Crippen LogP contribution in [0.5, 0.6) is 5.75 Å². The monoisotopic (exact) mass is 481 g/mol. The van der Waals surface area contributed by atoms with Crippen LogP contribution in [0.3, 0.4) is 0 Å². The number of halogens is 1. The molecule has 10 heteroatoms. The first-order chi connectivity index (χ1) is 15.6. The number of amides is 1. The summed E-state index contributed by atoms with van der Waals surface area (Å²) in [4.78, 5) is 12.8. The number of nitriles is 1. The van der Waals surface area contributed by atoms with Gasteiger partial charge in [-0.05, 0) is 35.9 Å². The highest BCUT2D eigenvalue weighted by atomic mass is 35.5. The number of ether oxygens (including phenoxy) is 1. The molecule has 160 valence electrons. The number of methoxy groups -OCH3 is 1. The maximum absolute atomic E-state index is 12.8. The van der Waals surface area contributed by atoms with Crippen LogP contribution in [-0.2, 0) is 5.75 Å². The van der Waals surface area contributed by atoms with Gasteiger partial charge >= 0.3 is 0 Å². The number of aromatic nitrogens is 3. The molecule has 0 saturated carbocycles. The molecule has 0 aliphatic heterocycles. The predicted octanol–water partition coefficient (Wildman–Crippen LogP) is 5.41. The topological polar surface area (TPSA) is 92.8 Å². The highest BCUT2D eigenvalue weighted by Crippen LogP contribution is 2.32. The van der Waals surface area contributed by atoms with Crippen LogP contribution < -0.4 is 10.1 Å². The highest BCUT2D eigenvalue weighted by molar-refractivity contribution is 8.00. The third-order valence-electron chi connectivity index (χ3n) is 4.47. The number of carbonyl (C=O) groups is 1. The number of nitrogens with zero attached hydrogens (tertiary/aromatic N) is 4. The second-order valence-corrected chi connectivity index (χ2v) is 9.13. The standard InChI is InChI=1S/C22H16ClN5O2S2/c1-30-19-11-18(28-8-2-3-9-28)17(23)10-16(19)20(29)25-21-26-27-22(32-21)31-13-15-6-4-14(12-24)5-7-15/h2-11H,13H2,1H3,(H,25,26,29). The Labute approximate surface area is 197 Å². The zero-order chi connectivity index (χ0) is 22.5. The van der Waals surface area contributed by atoms with E-state index in [1.165, 1.54) is 30.2 Å². The Morgan fingerprint density at radius 3 is 2.69 bits per heavy atom. The van der Waals surface area contributed by atoms with Gasteiger partial charge in [-0.1, -0.05) is 46.8 Å². The summed E-state index contributed by atoms with van der Waals surface area (Å²) >= 11 is 9.20. The minimum absolute atomic E-state index is 0.301. The molecule has 0 aliphatic rings. The van der Waals surface area contributed by atoms with Crippen LogP contribution in [0, 0.1) is 11.3 Å². The summed E-state index contributed by atoms with van der Waals surface area (Å²) in [5.41, 5.74) is 2.70. The largest absolute Gasteiger partial charge is 0.496 e. The number of hydrogen-bond acceptors (Lipinski definition) is 7. The summed E-state index contributed by atoms with van der Waals surface area (Å²) in [7, 11) is 1.50. The van der Waals surface area contributed by atoms with Crippen molar-refractivity contribution in [3.8, 4) is 17.5 Å². The Morgan fingerprint density at radius 1 is 1.25 bits per heavy atom. The molecule has 0 unspecified atom stereocenters. The molecule has 2 aromatic carbocycles. The molecule has 0 saturated heterocycles. The summed E-state index contributed by atoms with van der Waals surface area (Å²) in [6.07, 6.45) is 3.72. The SMILES string of the molecule is COc1cc(-n2cccc2)c(Cl)cc1C(=O)Nc1nnc(SCc2ccc(C#N)cc2)s1. The predicted molar refractivity (Wildman–Crippen MR) is 126 cm³/mol. The molecule has 0 fully saturated rings. The van der Waals surface area contributed by atoms with E-state index < -0.39 is 0 Å². The van der Waals surface area contributed by atoms with E-state index in [9.17, 15) is 4.79 Å². The van der Waals surface area contributed by atoms with E-state index in [-0.39, 0.29) is 5.91 Å². The fraction of sp³-hybridized carbons (Fsp3) is 0.0909. The molecule has 0 radical (unpaired) electrons. The van der Waals surface area contributed by atoms with Crippen LogP contribution in [0.2, 0.25) is 5.02 Å². The van der Waals surface area contributed by atoms with E-state index in [2.05, 4.69) is 21.6 Å². The van der Waals surface area contributed by atoms with Crippen LogP contribution in [-0.4, -0.2) is 27.8 Å². The van der Waals surface area contributed by atoms with Crippen LogP contribution in [0.4, 0.5) is 5.13 Å². The van der Waals surface area contributed by atoms with Gasteiger partial charge in [-0.2, -0.15) is 5.26 Å². The number of thioether (sulfide) groups is 1. The molecular weight excluding hydrogens is 466 g/mol. The van der Waals surface area contributed by atoms with Gasteiger partial charge in [0.1, 0.15) is 5.75 Å². The van der Waals surface area contributed by atoms with Crippen molar-refractivity contribution in [1.29, 1.82) is 5.26 Å². The molecular formula is C22H16ClN5O2S2. The fourth-order valence-corrected chi connectivity index (χ4v) is 4.85. The number of benzene rings is 2. The molecule has 4 aromatic rings. The molecule has 1 amide bonds. The lowest BCUT2D eigenvalue weighted by Gasteiger charge is -2.13. The molecule has 0 aliphatic carbocycles. The lowest BCUT2D eigenvalue weighted by molar-refractivity contribution is 0.102. The van der Waals surface area contributed by atoms with Crippen molar-refractivity contribution >= 4 is 45.7 Å². The molecule has 1 N–H and O–H groups in total. The van der Waals surface area contributed by atoms with E-state index in [4.69, 9.17) is 21.6 Å². The second kappa shape index (κ2) is 9.87. The van der Waals surface area contributed by atoms with Crippen LogP contribution >= 0.6 is 34.7 Å². The quantitative estimate of drug-likeness (QED) is 0.280. The lowest BCUT2D eigenvalue weighted by Crippen LogP contribution is -2.13. The van der Waals surface area contributed by atoms with Gasteiger partial charge in [-0.3, -0.25) is 10.1 Å². The third-order valence-corrected chi connectivity index (χ3v) is 6.81. The summed E-state index contributed by atoms with van der Waals surface area (Å²) in [6, 6.07) is 16.5. The van der Waals surface area contributed by atoms with Crippen molar-refractivity contribution in [2.75, 3.05) is 12.4 Å². The maximum atomic E-state index is 12.8. The van der Waals surface area contributed by atoms with Crippen molar-refractivity contribution < 1.29 is 9.53 Å². The zero-order valence-corrected chi connectivity index (χ0v) is 19.2. The van der Waals surface area contributed by atoms with Gasteiger partial charge in [-0.15, -0.1) is 10.2 Å². The van der Waals surface area contributed by atoms with Crippen LogP contribution in [0.25, 0.3) is 5.69 Å². The van der Waals surface area contributed by atoms with E-state index in [0.29, 0.717) is 38.5 Å². The van der Waals surface area contributed by atoms with E-state index in [1.54, 1.807) is 24.3 Å². The minimum Gasteiger partial charge on any atom is -0.496 e. The van der Waals surface area contributed by atoms with Gasteiger partial charge in [0, 0.05) is 24.2 Å². The third kappa shape index (κ3) is 4.94. The first kappa shape index (κ1) is 21.9. The summed E-state index contributed by atoms with van der Waals surface area (Å²) in [5, 5.41) is 20.6. The van der Waals surface area contributed by atoms with Gasteiger partial charge in [0.2, 0.25) is 5.13 Å². The fourth-order valence-electron chi connectivity index (χ4n) is 2.89. The van der Waals surface area contributed by atoms with Crippen LogP contribution in [0.15, 0.2) is 65.3 Å². The summed E-state index contributed by atoms with van der Waals surface area (Å²) < 4.78 is 7.98. The van der Waals surface area contributed by atoms with Gasteiger partial charge in [0.15, 0.2) is 4.34 Å². The first-order valence-electron chi connectivity index (χ1n) is 9.35. The Kier molecular flexibility index (Phi) is 6.75. The lowest BCUT2D eigenvalue weighted by atomic mass is 10.1. The zero-order valence-electron chi connectivity index (χ0n) is 16.8. The molecule has 32 heavy (non-hydrogen) atoms. The summed E-state index contributed by atoms with van der Waals surface area (Å²) in [6.45, 7) is 0. The molecule has 0 spiro atoms. The van der Waals surface area contributed by atoms with Crippen molar-refractivity contribution in [3.05, 3.63) is 82.6 Å². The number of rotatable bonds is 7. The number of anilines is 1. The van der Waals surface area contributed by atoms with Crippen molar-refractivity contribution in [2.24, 2.45) is 0 Å². The molecule has 2 heterocycles. The minimum atomic E-state index is -0.386. The van der Waals surface area contributed by atoms with Gasteiger partial charge in [0.25, 0.3) is 5.91 Å². The van der Waals surface area contributed by atoms with E-state index in [0.717, 1.165) is 9.90 Å². The Bertz CT molecular complexity index is 1280. The Morgan fingerprint density at radius 2 is 2.00 bits per heavy atom. The Hall–Kier alpha value is -3.32. The molecule has 0 bridgehead atoms. The van der Waals surface area contributed by atoms with E-state index in [1.807, 2.05) is 41.2 Å². The van der Waals surface area contributed by atoms with Gasteiger partial charge < -0.3 is 9.30 Å². The molecule has 0 atom stereocenters. The van der Waals surface area contributed by atoms with Crippen molar-refractivity contribution in [1.82, 2.24) is 14.8 Å². The highest BCUT2D eigenvalue weighted by Gasteiger charge is 2.18. The molecule has 2 aromatic heterocycles. The molecule has 4 rings (SSSR count). The van der Waals surface area contributed by atoms with Crippen LogP contribution in [0.1, 0.15) is 21.5 Å². The summed E-state index contributed by atoms with van der Waals surface area (Å²) in [5.74, 6) is 0.691. The smallest absolute Gasteiger partial charge is 0.261 e. The van der Waals surface area contributed by atoms with Crippen molar-refractivity contribution in [3.63, 3.8) is 0 Å². The number of nitrogens with one attached hydrogen (secondary N) is 1. The average Bonchev–Trinajstić information content (AvgIpc) is 3.50. The molecule has 7 nitrogen and oxygen atoms in total. The number of hydrogen-bond donors (Lipinski definition) is 1. The average molecular weight is 482 g/mol. The van der Waals surface area contributed by atoms with Crippen molar-refractivity contribution in [2.45, 2.75) is 10.1 Å². The van der Waals surface area contributed by atoms with Gasteiger partial charge in [0.05, 0.1) is 35.0 Å². The Balaban J connectivity index is 1.44. The normalized spacial score (nSPS) is 10.5. The van der Waals surface area contributed by atoms with E-state index >= 15 is 0 Å².